The Labute approximate surface area is 285 Å². The van der Waals surface area contributed by atoms with Gasteiger partial charge in [-0.3, -0.25) is 4.79 Å². The quantitative estimate of drug-likeness (QED) is 0.311. The monoisotopic (exact) mass is 687 g/mol. The Morgan fingerprint density at radius 3 is 2.27 bits per heavy atom. The first-order chi connectivity index (χ1) is 22.5. The molecule has 48 heavy (non-hydrogen) atoms. The van der Waals surface area contributed by atoms with Gasteiger partial charge in [0.1, 0.15) is 51.5 Å². The number of carbonyl (C=O) groups is 3. The molecule has 1 aromatic heterocycles. The highest BCUT2D eigenvalue weighted by Crippen LogP contribution is 2.47. The number of halogens is 2. The minimum atomic E-state index is -1.02. The Kier molecular flexibility index (Phi) is 8.91. The molecule has 260 valence electrons. The SMILES string of the molecule is CN1CC2CN(c3nc(-c4c(F)cccc4OC(=O)OC(C)(C)C)c(Cl)c4c3C(=O)N3CCN(C(=O)OC(C)(C)C)C[C@@H]3CO4)CC2C1. The van der Waals surface area contributed by atoms with E-state index in [4.69, 9.17) is 35.5 Å². The van der Waals surface area contributed by atoms with Gasteiger partial charge < -0.3 is 38.5 Å². The van der Waals surface area contributed by atoms with Gasteiger partial charge >= 0.3 is 12.2 Å². The summed E-state index contributed by atoms with van der Waals surface area (Å²) in [5.74, 6) is -0.0959. The normalized spacial score (nSPS) is 22.8. The van der Waals surface area contributed by atoms with Gasteiger partial charge in [0.25, 0.3) is 5.91 Å². The molecular formula is C34H43ClFN5O7. The molecule has 0 spiro atoms. The summed E-state index contributed by atoms with van der Waals surface area (Å²) in [7, 11) is 2.09. The predicted molar refractivity (Wildman–Crippen MR) is 176 cm³/mol. The molecule has 0 bridgehead atoms. The molecule has 5 heterocycles. The summed E-state index contributed by atoms with van der Waals surface area (Å²) in [4.78, 5) is 52.6. The number of likely N-dealkylation sites (tertiary alicyclic amines) is 1. The minimum Gasteiger partial charge on any atom is -0.489 e. The van der Waals surface area contributed by atoms with Crippen LogP contribution in [0.15, 0.2) is 18.2 Å². The zero-order valence-electron chi connectivity index (χ0n) is 28.5. The first-order valence-corrected chi connectivity index (χ1v) is 16.6. The van der Waals surface area contributed by atoms with E-state index in [0.29, 0.717) is 30.7 Å². The highest BCUT2D eigenvalue weighted by atomic mass is 35.5. The van der Waals surface area contributed by atoms with Gasteiger partial charge in [-0.15, -0.1) is 0 Å². The number of anilines is 1. The number of fused-ring (bicyclic) bond motifs is 3. The number of ether oxygens (including phenoxy) is 4. The largest absolute Gasteiger partial charge is 0.514 e. The van der Waals surface area contributed by atoms with E-state index in [2.05, 4.69) is 16.8 Å². The number of nitrogens with zero attached hydrogens (tertiary/aromatic N) is 5. The third kappa shape index (κ3) is 6.84. The van der Waals surface area contributed by atoms with Crippen molar-refractivity contribution in [1.82, 2.24) is 19.7 Å². The number of pyridine rings is 1. The zero-order chi connectivity index (χ0) is 34.7. The van der Waals surface area contributed by atoms with E-state index in [-0.39, 0.29) is 65.5 Å². The molecular weight excluding hydrogens is 645 g/mol. The summed E-state index contributed by atoms with van der Waals surface area (Å²) in [6.07, 6.45) is -1.49. The maximum Gasteiger partial charge on any atom is 0.514 e. The van der Waals surface area contributed by atoms with Gasteiger partial charge in [0, 0.05) is 45.8 Å². The molecule has 0 aliphatic carbocycles. The fourth-order valence-corrected chi connectivity index (χ4v) is 7.20. The van der Waals surface area contributed by atoms with Crippen molar-refractivity contribution < 1.29 is 37.7 Å². The van der Waals surface area contributed by atoms with Gasteiger partial charge in [-0.05, 0) is 72.6 Å². The van der Waals surface area contributed by atoms with E-state index < -0.39 is 35.3 Å². The summed E-state index contributed by atoms with van der Waals surface area (Å²) >= 11 is 7.02. The lowest BCUT2D eigenvalue weighted by Gasteiger charge is -2.40. The lowest BCUT2D eigenvalue weighted by atomic mass is 10.0. The molecule has 12 nitrogen and oxygen atoms in total. The lowest BCUT2D eigenvalue weighted by molar-refractivity contribution is 0.000936. The average molecular weight is 688 g/mol. The topological polar surface area (TPSA) is 114 Å². The molecule has 2 unspecified atom stereocenters. The molecule has 0 N–H and O–H groups in total. The molecule has 3 saturated heterocycles. The van der Waals surface area contributed by atoms with Crippen LogP contribution in [0.3, 0.4) is 0 Å². The van der Waals surface area contributed by atoms with Crippen LogP contribution < -0.4 is 14.4 Å². The van der Waals surface area contributed by atoms with Gasteiger partial charge in [0.2, 0.25) is 0 Å². The van der Waals surface area contributed by atoms with E-state index in [0.717, 1.165) is 13.1 Å². The molecule has 0 saturated carbocycles. The van der Waals surface area contributed by atoms with Crippen molar-refractivity contribution in [2.45, 2.75) is 58.8 Å². The molecule has 2 aromatic rings. The zero-order valence-corrected chi connectivity index (χ0v) is 29.2. The number of amides is 2. The Hall–Kier alpha value is -3.84. The van der Waals surface area contributed by atoms with Gasteiger partial charge in [-0.25, -0.2) is 19.0 Å². The summed E-state index contributed by atoms with van der Waals surface area (Å²) in [6, 6.07) is 3.56. The van der Waals surface area contributed by atoms with Gasteiger partial charge in [0.15, 0.2) is 5.75 Å². The van der Waals surface area contributed by atoms with Crippen molar-refractivity contribution in [1.29, 1.82) is 0 Å². The Morgan fingerprint density at radius 1 is 0.958 bits per heavy atom. The highest BCUT2D eigenvalue weighted by Gasteiger charge is 2.45. The van der Waals surface area contributed by atoms with Crippen molar-refractivity contribution >= 4 is 35.6 Å². The predicted octanol–water partition coefficient (Wildman–Crippen LogP) is 5.31. The van der Waals surface area contributed by atoms with E-state index >= 15 is 4.39 Å². The van der Waals surface area contributed by atoms with Gasteiger partial charge in [0.05, 0.1) is 11.6 Å². The summed E-state index contributed by atoms with van der Waals surface area (Å²) in [5.41, 5.74) is -1.52. The second-order valence-corrected chi connectivity index (χ2v) is 15.4. The second kappa shape index (κ2) is 12.6. The number of piperazine rings is 1. The van der Waals surface area contributed by atoms with Crippen molar-refractivity contribution in [3.63, 3.8) is 0 Å². The van der Waals surface area contributed by atoms with E-state index in [1.54, 1.807) is 51.3 Å². The maximum absolute atomic E-state index is 15.8. The third-order valence-corrected chi connectivity index (χ3v) is 9.22. The summed E-state index contributed by atoms with van der Waals surface area (Å²) < 4.78 is 38.6. The molecule has 0 radical (unpaired) electrons. The molecule has 3 fully saturated rings. The lowest BCUT2D eigenvalue weighted by Crippen LogP contribution is -2.58. The number of hydrogen-bond donors (Lipinski definition) is 0. The number of carbonyl (C=O) groups excluding carboxylic acids is 3. The second-order valence-electron chi connectivity index (χ2n) is 15.0. The van der Waals surface area contributed by atoms with Crippen molar-refractivity contribution in [3.05, 3.63) is 34.6 Å². The van der Waals surface area contributed by atoms with Crippen LogP contribution in [0.4, 0.5) is 19.8 Å². The fraction of sp³-hybridized carbons (Fsp3) is 0.588. The van der Waals surface area contributed by atoms with E-state index in [9.17, 15) is 14.4 Å². The van der Waals surface area contributed by atoms with Crippen LogP contribution in [0.2, 0.25) is 5.02 Å². The molecule has 4 aliphatic rings. The molecule has 1 aromatic carbocycles. The Morgan fingerprint density at radius 2 is 1.62 bits per heavy atom. The minimum absolute atomic E-state index is 0.0230. The van der Waals surface area contributed by atoms with Crippen molar-refractivity contribution in [2.75, 3.05) is 64.4 Å². The smallest absolute Gasteiger partial charge is 0.489 e. The van der Waals surface area contributed by atoms with Crippen LogP contribution in [-0.4, -0.2) is 115 Å². The number of hydrogen-bond acceptors (Lipinski definition) is 10. The van der Waals surface area contributed by atoms with Crippen molar-refractivity contribution in [2.24, 2.45) is 11.8 Å². The molecule has 2 amide bonds. The molecule has 6 rings (SSSR count). The third-order valence-electron chi connectivity index (χ3n) is 8.87. The van der Waals surface area contributed by atoms with E-state index in [1.807, 2.05) is 0 Å². The average Bonchev–Trinajstić information content (AvgIpc) is 3.47. The highest BCUT2D eigenvalue weighted by molar-refractivity contribution is 6.35. The Bertz CT molecular complexity index is 1610. The number of aromatic nitrogens is 1. The first-order valence-electron chi connectivity index (χ1n) is 16.3. The van der Waals surface area contributed by atoms with Gasteiger partial charge in [-0.1, -0.05) is 17.7 Å². The standard InChI is InChI=1S/C34H43ClFN5O7/c1-33(2,3)47-31(43)39-11-12-41-21(17-39)18-45-28-25(30(41)42)29(40-15-19-13-38(7)14-20(19)16-40)37-27(26(28)35)24-22(36)9-8-10-23(24)46-32(44)48-34(4,5)6/h8-10,19-21H,11-18H2,1-7H3/t19?,20?,21-/m1/s1. The maximum atomic E-state index is 15.8. The van der Waals surface area contributed by atoms with Crippen LogP contribution >= 0.6 is 11.6 Å². The molecule has 4 aliphatic heterocycles. The Balaban J connectivity index is 1.42. The van der Waals surface area contributed by atoms with Crippen LogP contribution in [-0.2, 0) is 9.47 Å². The number of rotatable bonds is 3. The van der Waals surface area contributed by atoms with Crippen LogP contribution in [0, 0.1) is 17.7 Å². The van der Waals surface area contributed by atoms with Crippen molar-refractivity contribution in [3.8, 4) is 22.8 Å². The first kappa shape index (κ1) is 34.0. The van der Waals surface area contributed by atoms with E-state index in [1.165, 1.54) is 18.2 Å². The van der Waals surface area contributed by atoms with Crippen LogP contribution in [0.25, 0.3) is 11.3 Å². The molecule has 3 atom stereocenters. The van der Waals surface area contributed by atoms with Crippen LogP contribution in [0.5, 0.6) is 11.5 Å². The molecule has 14 heteroatoms. The summed E-state index contributed by atoms with van der Waals surface area (Å²) in [6.45, 7) is 14.3. The van der Waals surface area contributed by atoms with Gasteiger partial charge in [-0.2, -0.15) is 0 Å². The number of benzene rings is 1. The summed E-state index contributed by atoms with van der Waals surface area (Å²) in [5, 5.41) is -0.0933. The fourth-order valence-electron chi connectivity index (χ4n) is 6.91. The van der Waals surface area contributed by atoms with Crippen LogP contribution in [0.1, 0.15) is 51.9 Å².